The molecule has 0 spiro atoms. The van der Waals surface area contributed by atoms with E-state index in [-0.39, 0.29) is 17.2 Å². The van der Waals surface area contributed by atoms with Crippen molar-refractivity contribution in [1.82, 2.24) is 5.43 Å². The van der Waals surface area contributed by atoms with Crippen LogP contribution in [0.3, 0.4) is 0 Å². The molecule has 7 rings (SSSR count). The minimum atomic E-state index is -0.215. The molecule has 0 heterocycles. The van der Waals surface area contributed by atoms with Gasteiger partial charge in [0, 0.05) is 11.1 Å². The topological polar surface area (TPSA) is 41.5 Å². The minimum absolute atomic E-state index is 0.0507. The molecule has 0 saturated heterocycles. The van der Waals surface area contributed by atoms with Crippen molar-refractivity contribution in [1.29, 1.82) is 0 Å². The molecule has 154 valence electrons. The molecule has 4 bridgehead atoms. The van der Waals surface area contributed by atoms with Gasteiger partial charge in [0.1, 0.15) is 0 Å². The molecule has 1 amide bonds. The quantitative estimate of drug-likeness (QED) is 0.697. The van der Waals surface area contributed by atoms with Crippen LogP contribution >= 0.6 is 0 Å². The molecule has 5 saturated carbocycles. The number of fused-ring (bicyclic) bond motifs is 1. The number of carbonyl (C=O) groups excluding carboxylic acids is 1. The molecule has 2 aromatic carbocycles. The maximum absolute atomic E-state index is 13.2. The molecule has 3 nitrogen and oxygen atoms in total. The first-order chi connectivity index (χ1) is 14.7. The number of amides is 1. The maximum Gasteiger partial charge on any atom is 0.244 e. The van der Waals surface area contributed by atoms with Crippen LogP contribution in [0.1, 0.15) is 56.1 Å². The first-order valence-corrected chi connectivity index (χ1v) is 11.7. The Bertz CT molecular complexity index is 913. The zero-order valence-electron chi connectivity index (χ0n) is 17.5. The monoisotopic (exact) mass is 398 g/mol. The molecule has 30 heavy (non-hydrogen) atoms. The SMILES string of the molecule is O=C(N/N=C1/CC2C[C@@H]3CC1C[C@H](C2)C3)[C@H]1CC1(c1ccccc1)c1ccccc1. The molecular formula is C27H30N2O. The van der Waals surface area contributed by atoms with E-state index in [9.17, 15) is 4.79 Å². The van der Waals surface area contributed by atoms with E-state index in [1.54, 1.807) is 0 Å². The summed E-state index contributed by atoms with van der Waals surface area (Å²) >= 11 is 0. The molecule has 0 aromatic heterocycles. The highest BCUT2D eigenvalue weighted by Gasteiger charge is 2.60. The van der Waals surface area contributed by atoms with E-state index >= 15 is 0 Å². The van der Waals surface area contributed by atoms with E-state index in [0.717, 1.165) is 30.6 Å². The summed E-state index contributed by atoms with van der Waals surface area (Å²) in [4.78, 5) is 13.2. The van der Waals surface area contributed by atoms with Gasteiger partial charge in [-0.15, -0.1) is 0 Å². The second-order valence-corrected chi connectivity index (χ2v) is 10.2. The van der Waals surface area contributed by atoms with E-state index in [0.29, 0.717) is 5.92 Å². The third-order valence-electron chi connectivity index (χ3n) is 8.37. The number of hydrogen-bond donors (Lipinski definition) is 1. The number of hydrazone groups is 1. The zero-order chi connectivity index (χ0) is 20.1. The van der Waals surface area contributed by atoms with Crippen LogP contribution in [0.5, 0.6) is 0 Å². The van der Waals surface area contributed by atoms with Gasteiger partial charge in [-0.05, 0) is 79.7 Å². The fourth-order valence-corrected chi connectivity index (χ4v) is 7.09. The highest BCUT2D eigenvalue weighted by atomic mass is 16.2. The molecule has 0 radical (unpaired) electrons. The van der Waals surface area contributed by atoms with Crippen molar-refractivity contribution >= 4 is 11.6 Å². The van der Waals surface area contributed by atoms with Gasteiger partial charge in [-0.1, -0.05) is 60.7 Å². The second kappa shape index (κ2) is 7.08. The van der Waals surface area contributed by atoms with Crippen molar-refractivity contribution in [3.8, 4) is 0 Å². The van der Waals surface area contributed by atoms with Crippen LogP contribution in [-0.2, 0) is 10.2 Å². The standard InChI is InChI=1S/C27H30N2O/c30-26(29-28-25-16-20-12-18-11-19(13-20)15-21(25)14-18)24-17-27(24,22-7-3-1-4-8-22)23-9-5-2-6-10-23/h1-10,18-21,24H,11-17H2,(H,29,30)/b28-25-/t18-,19+,20?,21?,24-/m1/s1. The lowest BCUT2D eigenvalue weighted by atomic mass is 9.68. The van der Waals surface area contributed by atoms with E-state index < -0.39 is 0 Å². The van der Waals surface area contributed by atoms with E-state index in [2.05, 4.69) is 54.0 Å². The number of nitrogens with zero attached hydrogens (tertiary/aromatic N) is 1. The zero-order valence-corrected chi connectivity index (χ0v) is 17.5. The minimum Gasteiger partial charge on any atom is -0.273 e. The highest BCUT2D eigenvalue weighted by Crippen LogP contribution is 2.59. The maximum atomic E-state index is 13.2. The van der Waals surface area contributed by atoms with Crippen molar-refractivity contribution in [2.24, 2.45) is 34.7 Å². The van der Waals surface area contributed by atoms with E-state index in [1.165, 1.54) is 48.9 Å². The van der Waals surface area contributed by atoms with Gasteiger partial charge < -0.3 is 0 Å². The van der Waals surface area contributed by atoms with Crippen molar-refractivity contribution in [3.63, 3.8) is 0 Å². The van der Waals surface area contributed by atoms with Gasteiger partial charge >= 0.3 is 0 Å². The summed E-state index contributed by atoms with van der Waals surface area (Å²) in [6.07, 6.45) is 8.75. The summed E-state index contributed by atoms with van der Waals surface area (Å²) in [5, 5.41) is 4.77. The number of benzene rings is 2. The number of carbonyl (C=O) groups is 1. The molecule has 2 aromatic rings. The summed E-state index contributed by atoms with van der Waals surface area (Å²) in [7, 11) is 0. The normalized spacial score (nSPS) is 34.5. The van der Waals surface area contributed by atoms with Gasteiger partial charge in [-0.25, -0.2) is 5.43 Å². The van der Waals surface area contributed by atoms with Crippen LogP contribution in [0.15, 0.2) is 65.8 Å². The smallest absolute Gasteiger partial charge is 0.244 e. The predicted molar refractivity (Wildman–Crippen MR) is 119 cm³/mol. The second-order valence-electron chi connectivity index (χ2n) is 10.2. The Labute approximate surface area is 179 Å². The summed E-state index contributed by atoms with van der Waals surface area (Å²) < 4.78 is 0. The number of nitrogens with one attached hydrogen (secondary N) is 1. The third-order valence-corrected chi connectivity index (χ3v) is 8.37. The Morgan fingerprint density at radius 3 is 1.97 bits per heavy atom. The summed E-state index contributed by atoms with van der Waals surface area (Å²) in [6.45, 7) is 0. The molecular weight excluding hydrogens is 368 g/mol. The molecule has 5 fully saturated rings. The first kappa shape index (κ1) is 18.4. The predicted octanol–water partition coefficient (Wildman–Crippen LogP) is 5.31. The van der Waals surface area contributed by atoms with Gasteiger partial charge in [-0.3, -0.25) is 4.79 Å². The lowest BCUT2D eigenvalue weighted by Crippen LogP contribution is -2.30. The Hall–Kier alpha value is -2.42. The van der Waals surface area contributed by atoms with Gasteiger partial charge in [0.15, 0.2) is 0 Å². The van der Waals surface area contributed by atoms with Crippen molar-refractivity contribution in [2.75, 3.05) is 0 Å². The molecule has 3 heteroatoms. The fourth-order valence-electron chi connectivity index (χ4n) is 7.09. The van der Waals surface area contributed by atoms with Gasteiger partial charge in [0.05, 0.1) is 5.92 Å². The number of rotatable bonds is 4. The van der Waals surface area contributed by atoms with Gasteiger partial charge in [-0.2, -0.15) is 5.10 Å². The molecule has 1 N–H and O–H groups in total. The Morgan fingerprint density at radius 1 is 0.800 bits per heavy atom. The summed E-state index contributed by atoms with van der Waals surface area (Å²) in [5.74, 6) is 3.25. The fraction of sp³-hybridized carbons (Fsp3) is 0.481. The van der Waals surface area contributed by atoms with Crippen LogP contribution in [0.4, 0.5) is 0 Å². The lowest BCUT2D eigenvalue weighted by Gasteiger charge is -2.37. The van der Waals surface area contributed by atoms with Crippen LogP contribution < -0.4 is 5.43 Å². The average molecular weight is 399 g/mol. The van der Waals surface area contributed by atoms with Crippen LogP contribution in [0, 0.1) is 29.6 Å². The van der Waals surface area contributed by atoms with E-state index in [1.807, 2.05) is 12.1 Å². The largest absolute Gasteiger partial charge is 0.273 e. The van der Waals surface area contributed by atoms with Crippen LogP contribution in [0.25, 0.3) is 0 Å². The van der Waals surface area contributed by atoms with Gasteiger partial charge in [0.25, 0.3) is 0 Å². The van der Waals surface area contributed by atoms with Crippen molar-refractivity contribution in [3.05, 3.63) is 71.8 Å². The molecule has 5 atom stereocenters. The van der Waals surface area contributed by atoms with Crippen LogP contribution in [0.2, 0.25) is 0 Å². The summed E-state index contributed by atoms with van der Waals surface area (Å²) in [5.41, 5.74) is 6.56. The third kappa shape index (κ3) is 3.02. The first-order valence-electron chi connectivity index (χ1n) is 11.7. The molecule has 5 aliphatic rings. The van der Waals surface area contributed by atoms with Gasteiger partial charge in [0.2, 0.25) is 5.91 Å². The number of hydrogen-bond acceptors (Lipinski definition) is 2. The van der Waals surface area contributed by atoms with Crippen LogP contribution in [-0.4, -0.2) is 11.6 Å². The summed E-state index contributed by atoms with van der Waals surface area (Å²) in [6, 6.07) is 21.0. The Balaban J connectivity index is 1.24. The Morgan fingerprint density at radius 2 is 1.37 bits per heavy atom. The molecule has 5 aliphatic carbocycles. The van der Waals surface area contributed by atoms with Crippen molar-refractivity contribution in [2.45, 2.75) is 50.4 Å². The molecule has 0 aliphatic heterocycles. The van der Waals surface area contributed by atoms with E-state index in [4.69, 9.17) is 5.10 Å². The highest BCUT2D eigenvalue weighted by molar-refractivity contribution is 5.91. The lowest BCUT2D eigenvalue weighted by molar-refractivity contribution is -0.122. The molecule has 2 unspecified atom stereocenters. The Kier molecular flexibility index (Phi) is 4.33. The van der Waals surface area contributed by atoms with Crippen molar-refractivity contribution < 1.29 is 4.79 Å². The average Bonchev–Trinajstić information content (AvgIpc) is 3.56.